The van der Waals surface area contributed by atoms with E-state index in [1.54, 1.807) is 6.07 Å². The van der Waals surface area contributed by atoms with Gasteiger partial charge < -0.3 is 9.84 Å². The number of hydrogen-bond donors (Lipinski definition) is 1. The maximum atomic E-state index is 11.0. The van der Waals surface area contributed by atoms with E-state index < -0.39 is 0 Å². The fourth-order valence-corrected chi connectivity index (χ4v) is 1.54. The Bertz CT molecular complexity index is 358. The Balaban J connectivity index is 2.70. The van der Waals surface area contributed by atoms with E-state index in [0.717, 1.165) is 30.4 Å². The lowest BCUT2D eigenvalue weighted by atomic mass is 10.0. The van der Waals surface area contributed by atoms with Crippen molar-refractivity contribution in [1.82, 2.24) is 0 Å². The second kappa shape index (κ2) is 6.16. The fraction of sp³-hybridized carbons (Fsp3) is 0.462. The van der Waals surface area contributed by atoms with Crippen molar-refractivity contribution in [3.8, 4) is 5.75 Å². The summed E-state index contributed by atoms with van der Waals surface area (Å²) in [6, 6.07) is 5.38. The molecule has 88 valence electrons. The van der Waals surface area contributed by atoms with Crippen LogP contribution in [-0.2, 0) is 22.4 Å². The SMILES string of the molecule is CCCCc1ccc(CC(=O)OC)cc1O. The van der Waals surface area contributed by atoms with Gasteiger partial charge in [-0.3, -0.25) is 4.79 Å². The van der Waals surface area contributed by atoms with Crippen LogP contribution in [0.2, 0.25) is 0 Å². The number of rotatable bonds is 5. The zero-order chi connectivity index (χ0) is 12.0. The number of ether oxygens (including phenoxy) is 1. The van der Waals surface area contributed by atoms with Gasteiger partial charge in [0.25, 0.3) is 0 Å². The second-order valence-corrected chi connectivity index (χ2v) is 3.82. The number of carbonyl (C=O) groups excluding carboxylic acids is 1. The largest absolute Gasteiger partial charge is 0.508 e. The van der Waals surface area contributed by atoms with Gasteiger partial charge in [-0.15, -0.1) is 0 Å². The molecule has 0 saturated carbocycles. The average Bonchev–Trinajstić information content (AvgIpc) is 2.28. The minimum Gasteiger partial charge on any atom is -0.508 e. The Morgan fingerprint density at radius 2 is 2.19 bits per heavy atom. The highest BCUT2D eigenvalue weighted by molar-refractivity contribution is 5.72. The molecular formula is C13H18O3. The number of phenolic OH excluding ortho intramolecular Hbond substituents is 1. The zero-order valence-electron chi connectivity index (χ0n) is 9.82. The van der Waals surface area contributed by atoms with Gasteiger partial charge in [0.1, 0.15) is 5.75 Å². The van der Waals surface area contributed by atoms with Crippen LogP contribution in [0.15, 0.2) is 18.2 Å². The molecule has 3 heteroatoms. The summed E-state index contributed by atoms with van der Waals surface area (Å²) in [6.07, 6.45) is 3.24. The molecule has 0 aliphatic heterocycles. The number of aromatic hydroxyl groups is 1. The molecule has 0 aliphatic rings. The normalized spacial score (nSPS) is 10.1. The summed E-state index contributed by atoms with van der Waals surface area (Å²) < 4.78 is 4.57. The van der Waals surface area contributed by atoms with Crippen LogP contribution in [0, 0.1) is 0 Å². The lowest BCUT2D eigenvalue weighted by molar-refractivity contribution is -0.139. The summed E-state index contributed by atoms with van der Waals surface area (Å²) in [6.45, 7) is 2.11. The van der Waals surface area contributed by atoms with E-state index in [1.807, 2.05) is 12.1 Å². The van der Waals surface area contributed by atoms with E-state index >= 15 is 0 Å². The van der Waals surface area contributed by atoms with Crippen LogP contribution in [0.3, 0.4) is 0 Å². The highest BCUT2D eigenvalue weighted by Gasteiger charge is 2.06. The van der Waals surface area contributed by atoms with Crippen LogP contribution in [-0.4, -0.2) is 18.2 Å². The first-order valence-electron chi connectivity index (χ1n) is 5.55. The number of methoxy groups -OCH3 is 1. The summed E-state index contributed by atoms with van der Waals surface area (Å²) in [5.41, 5.74) is 1.72. The van der Waals surface area contributed by atoms with Crippen LogP contribution < -0.4 is 0 Å². The lowest BCUT2D eigenvalue weighted by Crippen LogP contribution is -2.04. The summed E-state index contributed by atoms with van der Waals surface area (Å²) >= 11 is 0. The number of phenols is 1. The van der Waals surface area contributed by atoms with E-state index in [1.165, 1.54) is 7.11 Å². The maximum absolute atomic E-state index is 11.0. The molecule has 0 saturated heterocycles. The fourth-order valence-electron chi connectivity index (χ4n) is 1.54. The van der Waals surface area contributed by atoms with Gasteiger partial charge in [-0.2, -0.15) is 0 Å². The molecule has 0 atom stereocenters. The van der Waals surface area contributed by atoms with Gasteiger partial charge in [0, 0.05) is 0 Å². The number of unbranched alkanes of at least 4 members (excludes halogenated alkanes) is 1. The van der Waals surface area contributed by atoms with Gasteiger partial charge in [-0.05, 0) is 30.0 Å². The van der Waals surface area contributed by atoms with E-state index in [-0.39, 0.29) is 18.1 Å². The summed E-state index contributed by atoms with van der Waals surface area (Å²) in [4.78, 5) is 11.0. The molecule has 0 aliphatic carbocycles. The molecule has 0 amide bonds. The molecule has 0 spiro atoms. The first kappa shape index (κ1) is 12.6. The third-order valence-corrected chi connectivity index (χ3v) is 2.53. The Morgan fingerprint density at radius 3 is 2.75 bits per heavy atom. The van der Waals surface area contributed by atoms with E-state index in [2.05, 4.69) is 11.7 Å². The zero-order valence-corrected chi connectivity index (χ0v) is 9.82. The van der Waals surface area contributed by atoms with Crippen LogP contribution >= 0.6 is 0 Å². The number of aryl methyl sites for hydroxylation is 1. The van der Waals surface area contributed by atoms with Gasteiger partial charge in [0.05, 0.1) is 13.5 Å². The highest BCUT2D eigenvalue weighted by Crippen LogP contribution is 2.21. The first-order chi connectivity index (χ1) is 7.67. The molecule has 1 aromatic rings. The van der Waals surface area contributed by atoms with Crippen molar-refractivity contribution >= 4 is 5.97 Å². The summed E-state index contributed by atoms with van der Waals surface area (Å²) in [7, 11) is 1.36. The van der Waals surface area contributed by atoms with Gasteiger partial charge >= 0.3 is 5.97 Å². The Morgan fingerprint density at radius 1 is 1.44 bits per heavy atom. The van der Waals surface area contributed by atoms with Crippen LogP contribution in [0.1, 0.15) is 30.9 Å². The second-order valence-electron chi connectivity index (χ2n) is 3.82. The molecule has 0 radical (unpaired) electrons. The van der Waals surface area contributed by atoms with Crippen molar-refractivity contribution < 1.29 is 14.6 Å². The van der Waals surface area contributed by atoms with Crippen molar-refractivity contribution in [1.29, 1.82) is 0 Å². The van der Waals surface area contributed by atoms with Crippen LogP contribution in [0.4, 0.5) is 0 Å². The molecule has 1 aromatic carbocycles. The molecule has 0 bridgehead atoms. The van der Waals surface area contributed by atoms with E-state index in [4.69, 9.17) is 0 Å². The molecular weight excluding hydrogens is 204 g/mol. The molecule has 16 heavy (non-hydrogen) atoms. The lowest BCUT2D eigenvalue weighted by Gasteiger charge is -2.06. The molecule has 0 unspecified atom stereocenters. The molecule has 0 heterocycles. The Hall–Kier alpha value is -1.51. The number of hydrogen-bond acceptors (Lipinski definition) is 3. The molecule has 0 aromatic heterocycles. The van der Waals surface area contributed by atoms with E-state index in [0.29, 0.717) is 0 Å². The molecule has 1 N–H and O–H groups in total. The third kappa shape index (κ3) is 3.57. The van der Waals surface area contributed by atoms with Gasteiger partial charge in [0.15, 0.2) is 0 Å². The molecule has 0 fully saturated rings. The third-order valence-electron chi connectivity index (χ3n) is 2.53. The molecule has 1 rings (SSSR count). The number of esters is 1. The first-order valence-corrected chi connectivity index (χ1v) is 5.55. The van der Waals surface area contributed by atoms with Crippen molar-refractivity contribution in [3.63, 3.8) is 0 Å². The van der Waals surface area contributed by atoms with Crippen molar-refractivity contribution in [2.24, 2.45) is 0 Å². The van der Waals surface area contributed by atoms with Gasteiger partial charge in [-0.25, -0.2) is 0 Å². The Kier molecular flexibility index (Phi) is 4.83. The quantitative estimate of drug-likeness (QED) is 0.778. The van der Waals surface area contributed by atoms with Crippen molar-refractivity contribution in [3.05, 3.63) is 29.3 Å². The van der Waals surface area contributed by atoms with Crippen molar-refractivity contribution in [2.75, 3.05) is 7.11 Å². The van der Waals surface area contributed by atoms with Crippen LogP contribution in [0.5, 0.6) is 5.75 Å². The van der Waals surface area contributed by atoms with Gasteiger partial charge in [0.2, 0.25) is 0 Å². The van der Waals surface area contributed by atoms with E-state index in [9.17, 15) is 9.90 Å². The topological polar surface area (TPSA) is 46.5 Å². The monoisotopic (exact) mass is 222 g/mol. The minimum absolute atomic E-state index is 0.206. The summed E-state index contributed by atoms with van der Waals surface area (Å²) in [5, 5.41) is 9.75. The van der Waals surface area contributed by atoms with Crippen LogP contribution in [0.25, 0.3) is 0 Å². The minimum atomic E-state index is -0.291. The smallest absolute Gasteiger partial charge is 0.309 e. The highest BCUT2D eigenvalue weighted by atomic mass is 16.5. The van der Waals surface area contributed by atoms with Crippen molar-refractivity contribution in [2.45, 2.75) is 32.6 Å². The predicted octanol–water partition coefficient (Wildman–Crippen LogP) is 2.45. The Labute approximate surface area is 96.1 Å². The maximum Gasteiger partial charge on any atom is 0.309 e. The standard InChI is InChI=1S/C13H18O3/c1-3-4-5-11-7-6-10(8-12(11)14)9-13(15)16-2/h6-8,14H,3-5,9H2,1-2H3. The average molecular weight is 222 g/mol. The molecule has 3 nitrogen and oxygen atoms in total. The summed E-state index contributed by atoms with van der Waals surface area (Å²) in [5.74, 6) is -0.0180. The number of benzene rings is 1. The number of carbonyl (C=O) groups is 1. The van der Waals surface area contributed by atoms with Gasteiger partial charge in [-0.1, -0.05) is 25.5 Å². The predicted molar refractivity (Wildman–Crippen MR) is 62.4 cm³/mol.